The van der Waals surface area contributed by atoms with Gasteiger partial charge in [-0.15, -0.1) is 0 Å². The summed E-state index contributed by atoms with van der Waals surface area (Å²) in [5.74, 6) is -3.47. The molecule has 11 nitrogen and oxygen atoms in total. The molecule has 4 atom stereocenters. The van der Waals surface area contributed by atoms with Gasteiger partial charge in [-0.25, -0.2) is 0 Å². The van der Waals surface area contributed by atoms with E-state index in [0.717, 1.165) is 16.5 Å². The van der Waals surface area contributed by atoms with Crippen LogP contribution in [0.2, 0.25) is 0 Å². The maximum absolute atomic E-state index is 12.8. The summed E-state index contributed by atoms with van der Waals surface area (Å²) in [5, 5.41) is 26.5. The summed E-state index contributed by atoms with van der Waals surface area (Å²) in [6.07, 6.45) is 2.41. The van der Waals surface area contributed by atoms with E-state index in [9.17, 15) is 24.3 Å². The molecule has 3 amide bonds. The first-order valence-corrected chi connectivity index (χ1v) is 10.7. The SMILES string of the molecule is CCC(C)C(N)C(=O)NC(CO)C(=O)NC(Cc1c[nH]c2ccccc12)C(=O)NCC(=O)O. The Morgan fingerprint density at radius 1 is 1.06 bits per heavy atom. The van der Waals surface area contributed by atoms with Crippen LogP contribution in [0.5, 0.6) is 0 Å². The molecule has 0 saturated carbocycles. The number of nitrogens with one attached hydrogen (secondary N) is 4. The van der Waals surface area contributed by atoms with Crippen molar-refractivity contribution in [1.29, 1.82) is 0 Å². The van der Waals surface area contributed by atoms with Crippen molar-refractivity contribution in [1.82, 2.24) is 20.9 Å². The lowest BCUT2D eigenvalue weighted by atomic mass is 9.99. The molecule has 0 saturated heterocycles. The number of carboxylic acid groups (broad SMARTS) is 1. The fraction of sp³-hybridized carbons (Fsp3) is 0.455. The highest BCUT2D eigenvalue weighted by atomic mass is 16.4. The van der Waals surface area contributed by atoms with Crippen molar-refractivity contribution in [3.05, 3.63) is 36.0 Å². The summed E-state index contributed by atoms with van der Waals surface area (Å²) in [5.41, 5.74) is 7.45. The zero-order valence-corrected chi connectivity index (χ0v) is 18.6. The van der Waals surface area contributed by atoms with Crippen LogP contribution in [0.15, 0.2) is 30.5 Å². The van der Waals surface area contributed by atoms with Crippen LogP contribution in [0.25, 0.3) is 10.9 Å². The number of rotatable bonds is 12. The van der Waals surface area contributed by atoms with Gasteiger partial charge in [0.05, 0.1) is 12.6 Å². The van der Waals surface area contributed by atoms with E-state index < -0.39 is 55.0 Å². The predicted molar refractivity (Wildman–Crippen MR) is 121 cm³/mol. The molecule has 4 unspecified atom stereocenters. The highest BCUT2D eigenvalue weighted by Crippen LogP contribution is 2.19. The van der Waals surface area contributed by atoms with E-state index >= 15 is 0 Å². The second-order valence-corrected chi connectivity index (χ2v) is 7.89. The molecule has 0 aliphatic rings. The molecule has 1 aromatic carbocycles. The molecule has 8 N–H and O–H groups in total. The van der Waals surface area contributed by atoms with Crippen molar-refractivity contribution in [3.8, 4) is 0 Å². The number of aromatic amines is 1. The molecule has 1 heterocycles. The van der Waals surface area contributed by atoms with Gasteiger partial charge in [-0.1, -0.05) is 38.5 Å². The van der Waals surface area contributed by atoms with E-state index in [1.54, 1.807) is 13.1 Å². The number of aliphatic hydroxyl groups is 1. The normalized spacial score (nSPS) is 14.7. The maximum atomic E-state index is 12.8. The molecule has 0 radical (unpaired) electrons. The van der Waals surface area contributed by atoms with Crippen LogP contribution in [0.3, 0.4) is 0 Å². The monoisotopic (exact) mass is 461 g/mol. The Labute approximate surface area is 191 Å². The fourth-order valence-electron chi connectivity index (χ4n) is 3.26. The van der Waals surface area contributed by atoms with E-state index in [1.165, 1.54) is 0 Å². The lowest BCUT2D eigenvalue weighted by molar-refractivity contribution is -0.138. The largest absolute Gasteiger partial charge is 0.480 e. The van der Waals surface area contributed by atoms with Gasteiger partial charge in [0.15, 0.2) is 0 Å². The number of carboxylic acids is 1. The molecule has 2 rings (SSSR count). The van der Waals surface area contributed by atoms with Gasteiger partial charge in [0.25, 0.3) is 0 Å². The fourth-order valence-corrected chi connectivity index (χ4v) is 3.26. The number of nitrogens with two attached hydrogens (primary N) is 1. The van der Waals surface area contributed by atoms with Crippen molar-refractivity contribution >= 4 is 34.6 Å². The molecule has 0 bridgehead atoms. The van der Waals surface area contributed by atoms with Crippen molar-refractivity contribution < 1.29 is 29.4 Å². The third kappa shape index (κ3) is 7.02. The lowest BCUT2D eigenvalue weighted by Crippen LogP contribution is -2.58. The quantitative estimate of drug-likeness (QED) is 0.216. The Bertz CT molecular complexity index is 991. The van der Waals surface area contributed by atoms with Gasteiger partial charge in [-0.3, -0.25) is 19.2 Å². The van der Waals surface area contributed by atoms with Gasteiger partial charge < -0.3 is 36.9 Å². The highest BCUT2D eigenvalue weighted by Gasteiger charge is 2.29. The minimum atomic E-state index is -1.33. The Hall–Kier alpha value is -3.44. The molecular weight excluding hydrogens is 430 g/mol. The molecule has 2 aromatic rings. The number of carbonyl (C=O) groups is 4. The second kappa shape index (κ2) is 12.0. The third-order valence-electron chi connectivity index (χ3n) is 5.52. The lowest BCUT2D eigenvalue weighted by Gasteiger charge is -2.24. The number of H-pyrrole nitrogens is 1. The predicted octanol–water partition coefficient (Wildman–Crippen LogP) is -0.753. The van der Waals surface area contributed by atoms with Crippen molar-refractivity contribution in [2.24, 2.45) is 11.7 Å². The molecule has 0 aliphatic heterocycles. The zero-order valence-electron chi connectivity index (χ0n) is 18.6. The van der Waals surface area contributed by atoms with E-state index in [-0.39, 0.29) is 12.3 Å². The standard InChI is InChI=1S/C22H31N5O6/c1-3-12(2)19(23)22(33)27-17(11-28)21(32)26-16(20(31)25-10-18(29)30)8-13-9-24-15-7-5-4-6-14(13)15/h4-7,9,12,16-17,19,24,28H,3,8,10-11,23H2,1-2H3,(H,25,31)(H,26,32)(H,27,33)(H,29,30). The first kappa shape index (κ1) is 25.8. The Kier molecular flexibility index (Phi) is 9.37. The molecule has 33 heavy (non-hydrogen) atoms. The van der Waals surface area contributed by atoms with Crippen LogP contribution >= 0.6 is 0 Å². The average Bonchev–Trinajstić information content (AvgIpc) is 3.21. The first-order chi connectivity index (χ1) is 15.7. The molecular formula is C22H31N5O6. The van der Waals surface area contributed by atoms with Gasteiger partial charge in [0.2, 0.25) is 17.7 Å². The number of hydrogen-bond donors (Lipinski definition) is 7. The van der Waals surface area contributed by atoms with Crippen LogP contribution in [0.1, 0.15) is 25.8 Å². The maximum Gasteiger partial charge on any atom is 0.322 e. The van der Waals surface area contributed by atoms with Gasteiger partial charge in [-0.2, -0.15) is 0 Å². The van der Waals surface area contributed by atoms with Crippen LogP contribution in [-0.2, 0) is 25.6 Å². The van der Waals surface area contributed by atoms with E-state index in [2.05, 4.69) is 20.9 Å². The Balaban J connectivity index is 2.17. The molecule has 11 heteroatoms. The zero-order chi connectivity index (χ0) is 24.5. The molecule has 0 aliphatic carbocycles. The van der Waals surface area contributed by atoms with Gasteiger partial charge in [0.1, 0.15) is 18.6 Å². The summed E-state index contributed by atoms with van der Waals surface area (Å²) in [6, 6.07) is 4.04. The summed E-state index contributed by atoms with van der Waals surface area (Å²) < 4.78 is 0. The molecule has 1 aromatic heterocycles. The summed E-state index contributed by atoms with van der Waals surface area (Å²) in [7, 11) is 0. The van der Waals surface area contributed by atoms with E-state index in [1.807, 2.05) is 31.2 Å². The van der Waals surface area contributed by atoms with E-state index in [0.29, 0.717) is 6.42 Å². The van der Waals surface area contributed by atoms with Crippen LogP contribution in [0, 0.1) is 5.92 Å². The molecule has 0 fully saturated rings. The van der Waals surface area contributed by atoms with Crippen molar-refractivity contribution in [2.75, 3.05) is 13.2 Å². The Morgan fingerprint density at radius 2 is 1.73 bits per heavy atom. The number of aromatic nitrogens is 1. The molecule has 0 spiro atoms. The van der Waals surface area contributed by atoms with Crippen LogP contribution < -0.4 is 21.7 Å². The summed E-state index contributed by atoms with van der Waals surface area (Å²) in [4.78, 5) is 51.7. The minimum Gasteiger partial charge on any atom is -0.480 e. The van der Waals surface area contributed by atoms with Gasteiger partial charge in [-0.05, 0) is 17.5 Å². The second-order valence-electron chi connectivity index (χ2n) is 7.89. The number of para-hydroxylation sites is 1. The highest BCUT2D eigenvalue weighted by molar-refractivity contribution is 5.94. The number of aliphatic hydroxyl groups excluding tert-OH is 1. The minimum absolute atomic E-state index is 0.0552. The summed E-state index contributed by atoms with van der Waals surface area (Å²) in [6.45, 7) is 2.34. The smallest absolute Gasteiger partial charge is 0.322 e. The average molecular weight is 462 g/mol. The number of carbonyl (C=O) groups excluding carboxylic acids is 3. The number of amides is 3. The van der Waals surface area contributed by atoms with Gasteiger partial charge in [0, 0.05) is 23.5 Å². The first-order valence-electron chi connectivity index (χ1n) is 10.7. The summed E-state index contributed by atoms with van der Waals surface area (Å²) >= 11 is 0. The van der Waals surface area contributed by atoms with Crippen LogP contribution in [-0.4, -0.2) is 70.2 Å². The number of benzene rings is 1. The topological polar surface area (TPSA) is 187 Å². The number of fused-ring (bicyclic) bond motifs is 1. The van der Waals surface area contributed by atoms with E-state index in [4.69, 9.17) is 10.8 Å². The Morgan fingerprint density at radius 3 is 2.36 bits per heavy atom. The van der Waals surface area contributed by atoms with Crippen molar-refractivity contribution in [3.63, 3.8) is 0 Å². The van der Waals surface area contributed by atoms with Crippen molar-refractivity contribution in [2.45, 2.75) is 44.8 Å². The third-order valence-corrected chi connectivity index (χ3v) is 5.52. The number of hydrogen-bond acceptors (Lipinski definition) is 6. The number of aliphatic carboxylic acids is 1. The van der Waals surface area contributed by atoms with Gasteiger partial charge >= 0.3 is 5.97 Å². The van der Waals surface area contributed by atoms with Crippen LogP contribution in [0.4, 0.5) is 0 Å². The molecule has 180 valence electrons.